The second-order valence-electron chi connectivity index (χ2n) is 5.64. The monoisotopic (exact) mass is 258 g/mol. The van der Waals surface area contributed by atoms with Crippen LogP contribution in [-0.4, -0.2) is 32.2 Å². The molecule has 0 bridgehead atoms. The predicted octanol–water partition coefficient (Wildman–Crippen LogP) is 1.84. The lowest BCUT2D eigenvalue weighted by atomic mass is 9.64. The van der Waals surface area contributed by atoms with E-state index in [2.05, 4.69) is 29.4 Å². The highest BCUT2D eigenvalue weighted by molar-refractivity contribution is 5.49. The lowest BCUT2D eigenvalue weighted by Crippen LogP contribution is -2.56. The predicted molar refractivity (Wildman–Crippen MR) is 73.2 cm³/mol. The van der Waals surface area contributed by atoms with Gasteiger partial charge in [0.25, 0.3) is 0 Å². The topological polar surface area (TPSA) is 63.0 Å². The van der Waals surface area contributed by atoms with Crippen LogP contribution in [0.2, 0.25) is 0 Å². The summed E-state index contributed by atoms with van der Waals surface area (Å²) >= 11 is 0. The van der Waals surface area contributed by atoms with Gasteiger partial charge in [0.2, 0.25) is 0 Å². The molecule has 0 saturated heterocycles. The highest BCUT2D eigenvalue weighted by atomic mass is 16.3. The van der Waals surface area contributed by atoms with Crippen LogP contribution in [0.15, 0.2) is 36.7 Å². The third-order valence-corrected chi connectivity index (χ3v) is 4.07. The Hall–Kier alpha value is -1.88. The maximum Gasteiger partial charge on any atom is 0.0858 e. The molecule has 1 aromatic carbocycles. The fourth-order valence-corrected chi connectivity index (χ4v) is 2.39. The third-order valence-electron chi connectivity index (χ3n) is 4.07. The van der Waals surface area contributed by atoms with Gasteiger partial charge >= 0.3 is 0 Å². The van der Waals surface area contributed by atoms with Gasteiger partial charge in [0, 0.05) is 17.1 Å². The Bertz CT molecular complexity index is 547. The van der Waals surface area contributed by atoms with Crippen molar-refractivity contribution in [3.05, 3.63) is 36.7 Å². The van der Waals surface area contributed by atoms with E-state index in [-0.39, 0.29) is 11.5 Å². The van der Waals surface area contributed by atoms with E-state index in [1.54, 1.807) is 17.2 Å². The van der Waals surface area contributed by atoms with Crippen molar-refractivity contribution in [2.24, 2.45) is 5.41 Å². The van der Waals surface area contributed by atoms with Crippen LogP contribution in [-0.2, 0) is 0 Å². The maximum absolute atomic E-state index is 9.73. The molecule has 19 heavy (non-hydrogen) atoms. The molecular weight excluding hydrogens is 240 g/mol. The minimum atomic E-state index is -0.211. The second-order valence-corrected chi connectivity index (χ2v) is 5.64. The van der Waals surface area contributed by atoms with Crippen LogP contribution in [0.1, 0.15) is 20.3 Å². The molecule has 1 saturated carbocycles. The van der Waals surface area contributed by atoms with E-state index in [4.69, 9.17) is 0 Å². The standard InChI is InChI=1S/C14H18N4O/c1-14(2)12(9-13(14)19)17-10-3-5-11(6-4-10)18-15-7-8-16-18/h3-8,12-13,17,19H,9H2,1-2H3. The minimum absolute atomic E-state index is 0.0673. The Morgan fingerprint density at radius 1 is 1.21 bits per heavy atom. The smallest absolute Gasteiger partial charge is 0.0858 e. The molecule has 0 aliphatic heterocycles. The van der Waals surface area contributed by atoms with Gasteiger partial charge in [0.15, 0.2) is 0 Å². The third kappa shape index (κ3) is 2.10. The van der Waals surface area contributed by atoms with Crippen LogP contribution in [0.4, 0.5) is 5.69 Å². The van der Waals surface area contributed by atoms with Gasteiger partial charge in [-0.1, -0.05) is 13.8 Å². The fourth-order valence-electron chi connectivity index (χ4n) is 2.39. The molecule has 1 heterocycles. The molecule has 2 aromatic rings. The van der Waals surface area contributed by atoms with Crippen molar-refractivity contribution < 1.29 is 5.11 Å². The van der Waals surface area contributed by atoms with E-state index in [9.17, 15) is 5.11 Å². The maximum atomic E-state index is 9.73. The lowest BCUT2D eigenvalue weighted by Gasteiger charge is -2.49. The fraction of sp³-hybridized carbons (Fsp3) is 0.429. The first-order valence-corrected chi connectivity index (χ1v) is 6.49. The van der Waals surface area contributed by atoms with Crippen LogP contribution in [0, 0.1) is 5.41 Å². The van der Waals surface area contributed by atoms with Crippen molar-refractivity contribution in [2.75, 3.05) is 5.32 Å². The Morgan fingerprint density at radius 2 is 1.84 bits per heavy atom. The first-order valence-electron chi connectivity index (χ1n) is 6.49. The summed E-state index contributed by atoms with van der Waals surface area (Å²) in [7, 11) is 0. The molecule has 3 rings (SSSR count). The van der Waals surface area contributed by atoms with Crippen molar-refractivity contribution in [3.63, 3.8) is 0 Å². The highest BCUT2D eigenvalue weighted by Gasteiger charge is 2.47. The average molecular weight is 258 g/mol. The zero-order valence-electron chi connectivity index (χ0n) is 11.1. The molecule has 2 N–H and O–H groups in total. The molecule has 5 heteroatoms. The molecule has 0 spiro atoms. The number of hydrogen-bond acceptors (Lipinski definition) is 4. The number of anilines is 1. The molecule has 0 amide bonds. The van der Waals surface area contributed by atoms with Crippen LogP contribution >= 0.6 is 0 Å². The van der Waals surface area contributed by atoms with Gasteiger partial charge in [-0.05, 0) is 30.7 Å². The van der Waals surface area contributed by atoms with Crippen molar-refractivity contribution in [3.8, 4) is 5.69 Å². The van der Waals surface area contributed by atoms with Crippen LogP contribution in [0.5, 0.6) is 0 Å². The van der Waals surface area contributed by atoms with Gasteiger partial charge in [-0.25, -0.2) is 0 Å². The molecule has 0 radical (unpaired) electrons. The zero-order valence-corrected chi connectivity index (χ0v) is 11.1. The number of rotatable bonds is 3. The summed E-state index contributed by atoms with van der Waals surface area (Å²) in [6, 6.07) is 8.30. The Kier molecular flexibility index (Phi) is 2.78. The van der Waals surface area contributed by atoms with E-state index < -0.39 is 0 Å². The summed E-state index contributed by atoms with van der Waals surface area (Å²) in [5.74, 6) is 0. The molecular formula is C14H18N4O. The van der Waals surface area contributed by atoms with Gasteiger partial charge in [0.05, 0.1) is 24.2 Å². The Morgan fingerprint density at radius 3 is 2.37 bits per heavy atom. The highest BCUT2D eigenvalue weighted by Crippen LogP contribution is 2.42. The molecule has 1 fully saturated rings. The van der Waals surface area contributed by atoms with Crippen molar-refractivity contribution in [1.82, 2.24) is 15.0 Å². The van der Waals surface area contributed by atoms with Crippen molar-refractivity contribution in [2.45, 2.75) is 32.4 Å². The van der Waals surface area contributed by atoms with Gasteiger partial charge in [-0.2, -0.15) is 15.0 Å². The molecule has 2 unspecified atom stereocenters. The summed E-state index contributed by atoms with van der Waals surface area (Å²) in [5.41, 5.74) is 1.92. The Labute approximate surface area is 112 Å². The molecule has 2 atom stereocenters. The van der Waals surface area contributed by atoms with Gasteiger partial charge in [-0.15, -0.1) is 0 Å². The normalized spacial score (nSPS) is 24.8. The van der Waals surface area contributed by atoms with E-state index in [0.29, 0.717) is 6.04 Å². The average Bonchev–Trinajstić information content (AvgIpc) is 2.93. The lowest BCUT2D eigenvalue weighted by molar-refractivity contribution is -0.0510. The summed E-state index contributed by atoms with van der Waals surface area (Å²) < 4.78 is 0. The van der Waals surface area contributed by atoms with E-state index in [1.807, 2.05) is 24.3 Å². The molecule has 100 valence electrons. The second kappa shape index (κ2) is 4.35. The number of benzene rings is 1. The summed E-state index contributed by atoms with van der Waals surface area (Å²) in [5, 5.41) is 21.4. The molecule has 5 nitrogen and oxygen atoms in total. The molecule has 1 aliphatic rings. The van der Waals surface area contributed by atoms with Gasteiger partial charge in [-0.3, -0.25) is 0 Å². The quantitative estimate of drug-likeness (QED) is 0.881. The first-order chi connectivity index (χ1) is 9.07. The number of nitrogens with zero attached hydrogens (tertiary/aromatic N) is 3. The first kappa shape index (κ1) is 12.2. The molecule has 1 aliphatic carbocycles. The molecule has 1 aromatic heterocycles. The summed E-state index contributed by atoms with van der Waals surface area (Å²) in [4.78, 5) is 1.58. The number of nitrogens with one attached hydrogen (secondary N) is 1. The van der Waals surface area contributed by atoms with Crippen molar-refractivity contribution >= 4 is 5.69 Å². The van der Waals surface area contributed by atoms with Crippen molar-refractivity contribution in [1.29, 1.82) is 0 Å². The van der Waals surface area contributed by atoms with Crippen LogP contribution in [0.3, 0.4) is 0 Å². The van der Waals surface area contributed by atoms with Crippen LogP contribution < -0.4 is 5.32 Å². The van der Waals surface area contributed by atoms with E-state index in [0.717, 1.165) is 17.8 Å². The summed E-state index contributed by atoms with van der Waals surface area (Å²) in [6.07, 6.45) is 3.90. The zero-order chi connectivity index (χ0) is 13.5. The van der Waals surface area contributed by atoms with E-state index in [1.165, 1.54) is 0 Å². The summed E-state index contributed by atoms with van der Waals surface area (Å²) in [6.45, 7) is 4.17. The number of aliphatic hydroxyl groups is 1. The largest absolute Gasteiger partial charge is 0.392 e. The van der Waals surface area contributed by atoms with E-state index >= 15 is 0 Å². The SMILES string of the molecule is CC1(C)C(O)CC1Nc1ccc(-n2nccn2)cc1. The van der Waals surface area contributed by atoms with Gasteiger partial charge in [0.1, 0.15) is 0 Å². The Balaban J connectivity index is 1.70. The number of hydrogen-bond donors (Lipinski definition) is 2. The number of aliphatic hydroxyl groups excluding tert-OH is 1. The number of aromatic nitrogens is 3. The van der Waals surface area contributed by atoms with Crippen LogP contribution in [0.25, 0.3) is 5.69 Å². The van der Waals surface area contributed by atoms with Gasteiger partial charge < -0.3 is 10.4 Å². The minimum Gasteiger partial charge on any atom is -0.392 e.